The van der Waals surface area contributed by atoms with Crippen molar-refractivity contribution >= 4 is 6.29 Å². The number of carbonyl (C=O) groups excluding carboxylic acids is 1. The van der Waals surface area contributed by atoms with E-state index < -0.39 is 0 Å². The van der Waals surface area contributed by atoms with Crippen molar-refractivity contribution in [1.29, 1.82) is 0 Å². The van der Waals surface area contributed by atoms with Gasteiger partial charge >= 0.3 is 0 Å². The maximum absolute atomic E-state index is 9.97. The summed E-state index contributed by atoms with van der Waals surface area (Å²) in [7, 11) is 1.25. The second kappa shape index (κ2) is 9.69. The second-order valence-electron chi connectivity index (χ2n) is 1.89. The van der Waals surface area contributed by atoms with Gasteiger partial charge < -0.3 is 15.8 Å². The molecule has 1 aliphatic rings. The fourth-order valence-electron chi connectivity index (χ4n) is 0.793. The molecule has 1 aliphatic heterocycles. The summed E-state index contributed by atoms with van der Waals surface area (Å²) in [6.07, 6.45) is 2.06. The van der Waals surface area contributed by atoms with Crippen LogP contribution in [0.25, 0.3) is 5.73 Å². The van der Waals surface area contributed by atoms with Crippen molar-refractivity contribution in [2.75, 3.05) is 20.1 Å². The Labute approximate surface area is 87.0 Å². The molecule has 1 fully saturated rings. The summed E-state index contributed by atoms with van der Waals surface area (Å²) >= 11 is 0. The number of carbonyl (C=O) groups is 1. The molecule has 0 amide bonds. The van der Waals surface area contributed by atoms with Crippen LogP contribution >= 0.6 is 0 Å². The maximum Gasteiger partial charge on any atom is 0.124 e. The minimum atomic E-state index is 0. The van der Waals surface area contributed by atoms with Crippen LogP contribution in [0.4, 0.5) is 0 Å². The third kappa shape index (κ3) is 5.48. The van der Waals surface area contributed by atoms with Gasteiger partial charge in [-0.1, -0.05) is 0 Å². The topological polar surface area (TPSA) is 52.9 Å². The molecular formula is C6H13N2OY-. The minimum Gasteiger partial charge on any atom is -0.680 e. The van der Waals surface area contributed by atoms with Crippen LogP contribution in [0.1, 0.15) is 6.42 Å². The molecule has 3 nitrogen and oxygen atoms in total. The largest absolute Gasteiger partial charge is 0.680 e. The van der Waals surface area contributed by atoms with Gasteiger partial charge in [-0.3, -0.25) is 0 Å². The van der Waals surface area contributed by atoms with Crippen molar-refractivity contribution < 1.29 is 37.5 Å². The molecular weight excluding hydrogens is 205 g/mol. The van der Waals surface area contributed by atoms with Crippen molar-refractivity contribution in [3.05, 3.63) is 5.73 Å². The number of hydrogen-bond donors (Lipinski definition) is 1. The average Bonchev–Trinajstić information content (AvgIpc) is 2.43. The van der Waals surface area contributed by atoms with Gasteiger partial charge in [0.05, 0.1) is 0 Å². The smallest absolute Gasteiger partial charge is 0.124 e. The zero-order valence-corrected chi connectivity index (χ0v) is 9.10. The Kier molecular flexibility index (Phi) is 12.9. The first-order valence-corrected chi connectivity index (χ1v) is 3.09. The molecule has 1 rings (SSSR count). The van der Waals surface area contributed by atoms with Gasteiger partial charge in [0.25, 0.3) is 0 Å². The third-order valence-corrected chi connectivity index (χ3v) is 1.29. The van der Waals surface area contributed by atoms with E-state index in [0.717, 1.165) is 25.8 Å². The molecule has 0 spiro atoms. The van der Waals surface area contributed by atoms with E-state index in [-0.39, 0.29) is 32.7 Å². The van der Waals surface area contributed by atoms with Crippen molar-refractivity contribution in [1.82, 2.24) is 5.32 Å². The molecule has 1 heterocycles. The van der Waals surface area contributed by atoms with Gasteiger partial charge in [-0.15, -0.1) is 0 Å². The Morgan fingerprint density at radius 3 is 2.40 bits per heavy atom. The Balaban J connectivity index is 0. The first kappa shape index (κ1) is 13.3. The fraction of sp³-hybridized carbons (Fsp3) is 0.833. The zero-order valence-electron chi connectivity index (χ0n) is 6.26. The number of aldehydes is 1. The predicted molar refractivity (Wildman–Crippen MR) is 37.3 cm³/mol. The molecule has 1 saturated heterocycles. The molecule has 57 valence electrons. The van der Waals surface area contributed by atoms with E-state index in [1.54, 1.807) is 0 Å². The molecule has 0 saturated carbocycles. The Hall–Kier alpha value is 0.694. The third-order valence-electron chi connectivity index (χ3n) is 1.29. The van der Waals surface area contributed by atoms with Crippen LogP contribution in [0.2, 0.25) is 0 Å². The first-order valence-electron chi connectivity index (χ1n) is 3.09. The Morgan fingerprint density at radius 1 is 1.60 bits per heavy atom. The van der Waals surface area contributed by atoms with E-state index in [0.29, 0.717) is 5.92 Å². The van der Waals surface area contributed by atoms with Crippen molar-refractivity contribution in [3.8, 4) is 0 Å². The number of hydrogen-bond acceptors (Lipinski definition) is 2. The molecule has 0 aromatic heterocycles. The summed E-state index contributed by atoms with van der Waals surface area (Å²) in [5, 5.41) is 3.09. The summed E-state index contributed by atoms with van der Waals surface area (Å²) in [6.45, 7) is 1.91. The van der Waals surface area contributed by atoms with Gasteiger partial charge in [0, 0.05) is 45.2 Å². The summed E-state index contributed by atoms with van der Waals surface area (Å²) in [6, 6.07) is 0. The van der Waals surface area contributed by atoms with Gasteiger partial charge in [0.1, 0.15) is 6.29 Å². The normalized spacial score (nSPS) is 22.0. The van der Waals surface area contributed by atoms with E-state index in [9.17, 15) is 4.79 Å². The zero-order chi connectivity index (χ0) is 7.11. The number of rotatable bonds is 1. The van der Waals surface area contributed by atoms with Crippen molar-refractivity contribution in [3.63, 3.8) is 0 Å². The van der Waals surface area contributed by atoms with E-state index in [1.807, 2.05) is 0 Å². The van der Waals surface area contributed by atoms with Gasteiger partial charge in [-0.05, 0) is 13.0 Å². The Bertz CT molecular complexity index is 74.1. The first-order chi connectivity index (χ1) is 4.43. The molecule has 10 heavy (non-hydrogen) atoms. The molecule has 1 radical (unpaired) electrons. The summed E-state index contributed by atoms with van der Waals surface area (Å²) in [5.74, 6) is 0.306. The van der Waals surface area contributed by atoms with Crippen LogP contribution in [0.5, 0.6) is 0 Å². The van der Waals surface area contributed by atoms with Crippen molar-refractivity contribution in [2.45, 2.75) is 6.42 Å². The van der Waals surface area contributed by atoms with Crippen molar-refractivity contribution in [2.24, 2.45) is 5.92 Å². The standard InChI is InChI=1S/C5H9NO.CH4N.Y/c7-4-5-1-2-6-3-5;1-2;/h4-6H,1-3H2;2H,1H3;/q;-1;. The SMILES string of the molecule is C[NH-].O=CC1CCNC1.[Y]. The minimum absolute atomic E-state index is 0. The monoisotopic (exact) mass is 218 g/mol. The summed E-state index contributed by atoms with van der Waals surface area (Å²) < 4.78 is 0. The van der Waals surface area contributed by atoms with Gasteiger partial charge in [0.15, 0.2) is 0 Å². The summed E-state index contributed by atoms with van der Waals surface area (Å²) in [5.41, 5.74) is 5.75. The summed E-state index contributed by atoms with van der Waals surface area (Å²) in [4.78, 5) is 9.97. The van der Waals surface area contributed by atoms with Crippen LogP contribution in [-0.2, 0) is 37.5 Å². The van der Waals surface area contributed by atoms with Crippen LogP contribution in [0.15, 0.2) is 0 Å². The van der Waals surface area contributed by atoms with E-state index in [1.165, 1.54) is 7.05 Å². The average molecular weight is 218 g/mol. The molecule has 0 aromatic carbocycles. The predicted octanol–water partition coefficient (Wildman–Crippen LogP) is 0.461. The Morgan fingerprint density at radius 2 is 2.20 bits per heavy atom. The van der Waals surface area contributed by atoms with Gasteiger partial charge in [-0.25, -0.2) is 0 Å². The van der Waals surface area contributed by atoms with Crippen LogP contribution in [0.3, 0.4) is 0 Å². The van der Waals surface area contributed by atoms with E-state index >= 15 is 0 Å². The molecule has 1 atom stereocenters. The molecule has 2 N–H and O–H groups in total. The van der Waals surface area contributed by atoms with Gasteiger partial charge in [-0.2, -0.15) is 7.05 Å². The van der Waals surface area contributed by atoms with Crippen LogP contribution in [-0.4, -0.2) is 26.4 Å². The van der Waals surface area contributed by atoms with Gasteiger partial charge in [0.2, 0.25) is 0 Å². The fourth-order valence-corrected chi connectivity index (χ4v) is 0.793. The molecule has 0 aromatic rings. The molecule has 1 unspecified atom stereocenters. The second-order valence-corrected chi connectivity index (χ2v) is 1.89. The molecule has 0 aliphatic carbocycles. The maximum atomic E-state index is 9.97. The molecule has 0 bridgehead atoms. The van der Waals surface area contributed by atoms with E-state index in [2.05, 4.69) is 5.32 Å². The van der Waals surface area contributed by atoms with E-state index in [4.69, 9.17) is 5.73 Å². The van der Waals surface area contributed by atoms with Crippen LogP contribution < -0.4 is 5.32 Å². The van der Waals surface area contributed by atoms with Crippen LogP contribution in [0, 0.1) is 5.92 Å². The molecule has 4 heteroatoms. The quantitative estimate of drug-likeness (QED) is 0.650. The number of nitrogens with one attached hydrogen (secondary N) is 2.